The topological polar surface area (TPSA) is 99.2 Å². The van der Waals surface area contributed by atoms with Crippen molar-refractivity contribution in [3.05, 3.63) is 23.0 Å². The number of carboxylic acid groups (broad SMARTS) is 1. The van der Waals surface area contributed by atoms with E-state index in [1.54, 1.807) is 13.0 Å². The molecule has 2 aromatic heterocycles. The third-order valence-electron chi connectivity index (χ3n) is 3.86. The number of carbonyl (C=O) groups excluding carboxylic acids is 1. The van der Waals surface area contributed by atoms with Crippen molar-refractivity contribution in [3.8, 4) is 0 Å². The van der Waals surface area contributed by atoms with Gasteiger partial charge in [-0.05, 0) is 32.8 Å². The van der Waals surface area contributed by atoms with Gasteiger partial charge in [0.05, 0.1) is 10.9 Å². The van der Waals surface area contributed by atoms with Gasteiger partial charge in [-0.2, -0.15) is 5.10 Å². The number of hydrogen-bond donors (Lipinski definition) is 2. The van der Waals surface area contributed by atoms with Crippen LogP contribution in [-0.4, -0.2) is 49.7 Å². The molecular formula is C14H16N4O3. The summed E-state index contributed by atoms with van der Waals surface area (Å²) in [6.45, 7) is 4.08. The van der Waals surface area contributed by atoms with Crippen LogP contribution in [0.25, 0.3) is 11.0 Å². The van der Waals surface area contributed by atoms with E-state index in [-0.39, 0.29) is 5.91 Å². The van der Waals surface area contributed by atoms with E-state index >= 15 is 0 Å². The second kappa shape index (κ2) is 4.83. The molecule has 3 rings (SSSR count). The van der Waals surface area contributed by atoms with Crippen molar-refractivity contribution >= 4 is 22.9 Å². The van der Waals surface area contributed by atoms with Crippen LogP contribution in [0.4, 0.5) is 0 Å². The molecule has 3 heterocycles. The lowest BCUT2D eigenvalue weighted by Gasteiger charge is -2.22. The summed E-state index contributed by atoms with van der Waals surface area (Å²) in [7, 11) is 0. The SMILES string of the molecule is Cc1cc(C(=O)N2CCCC2C(=O)O)c2c(C)[nH]nc2n1. The summed E-state index contributed by atoms with van der Waals surface area (Å²) >= 11 is 0. The molecule has 1 unspecified atom stereocenters. The fourth-order valence-corrected chi connectivity index (χ4v) is 2.89. The highest BCUT2D eigenvalue weighted by atomic mass is 16.4. The van der Waals surface area contributed by atoms with Gasteiger partial charge < -0.3 is 10.0 Å². The highest BCUT2D eigenvalue weighted by Gasteiger charge is 2.35. The smallest absolute Gasteiger partial charge is 0.326 e. The van der Waals surface area contributed by atoms with Gasteiger partial charge in [-0.15, -0.1) is 0 Å². The lowest BCUT2D eigenvalue weighted by molar-refractivity contribution is -0.141. The zero-order valence-electron chi connectivity index (χ0n) is 11.9. The Bertz CT molecular complexity index is 737. The molecule has 7 heteroatoms. The van der Waals surface area contributed by atoms with Gasteiger partial charge in [0.25, 0.3) is 5.91 Å². The summed E-state index contributed by atoms with van der Waals surface area (Å²) in [6.07, 6.45) is 1.21. The number of fused-ring (bicyclic) bond motifs is 1. The number of pyridine rings is 1. The van der Waals surface area contributed by atoms with Crippen LogP contribution < -0.4 is 0 Å². The van der Waals surface area contributed by atoms with E-state index < -0.39 is 12.0 Å². The molecule has 0 spiro atoms. The van der Waals surface area contributed by atoms with Crippen molar-refractivity contribution in [2.75, 3.05) is 6.54 Å². The second-order valence-electron chi connectivity index (χ2n) is 5.35. The number of aliphatic carboxylic acids is 1. The summed E-state index contributed by atoms with van der Waals surface area (Å²) in [4.78, 5) is 29.8. The number of aromatic nitrogens is 3. The summed E-state index contributed by atoms with van der Waals surface area (Å²) < 4.78 is 0. The van der Waals surface area contributed by atoms with E-state index in [4.69, 9.17) is 0 Å². The molecule has 0 saturated carbocycles. The third-order valence-corrected chi connectivity index (χ3v) is 3.86. The molecule has 21 heavy (non-hydrogen) atoms. The minimum absolute atomic E-state index is 0.264. The van der Waals surface area contributed by atoms with Crippen LogP contribution in [0.15, 0.2) is 6.07 Å². The first kappa shape index (κ1) is 13.5. The van der Waals surface area contributed by atoms with Crippen molar-refractivity contribution in [2.24, 2.45) is 0 Å². The highest BCUT2D eigenvalue weighted by Crippen LogP contribution is 2.25. The highest BCUT2D eigenvalue weighted by molar-refractivity contribution is 6.07. The molecule has 0 radical (unpaired) electrons. The molecule has 110 valence electrons. The Labute approximate surface area is 121 Å². The number of carbonyl (C=O) groups is 2. The number of aryl methyl sites for hydroxylation is 2. The predicted octanol–water partition coefficient (Wildman–Crippen LogP) is 1.26. The molecule has 2 N–H and O–H groups in total. The Hall–Kier alpha value is -2.44. The van der Waals surface area contributed by atoms with E-state index in [0.29, 0.717) is 41.7 Å². The molecule has 1 fully saturated rings. The fraction of sp³-hybridized carbons (Fsp3) is 0.429. The number of hydrogen-bond acceptors (Lipinski definition) is 4. The average molecular weight is 288 g/mol. The zero-order chi connectivity index (χ0) is 15.1. The molecule has 1 amide bonds. The molecule has 1 aliphatic rings. The molecule has 0 aromatic carbocycles. The van der Waals surface area contributed by atoms with Crippen LogP contribution in [0.3, 0.4) is 0 Å². The van der Waals surface area contributed by atoms with Crippen molar-refractivity contribution in [1.82, 2.24) is 20.1 Å². The number of nitrogens with one attached hydrogen (secondary N) is 1. The molecule has 1 saturated heterocycles. The second-order valence-corrected chi connectivity index (χ2v) is 5.35. The maximum atomic E-state index is 12.8. The first-order chi connectivity index (χ1) is 9.99. The van der Waals surface area contributed by atoms with Crippen molar-refractivity contribution < 1.29 is 14.7 Å². The van der Waals surface area contributed by atoms with Gasteiger partial charge in [0.1, 0.15) is 6.04 Å². The molecule has 7 nitrogen and oxygen atoms in total. The van der Waals surface area contributed by atoms with Crippen LogP contribution in [0.1, 0.15) is 34.6 Å². The number of rotatable bonds is 2. The van der Waals surface area contributed by atoms with Gasteiger partial charge in [0.2, 0.25) is 0 Å². The Balaban J connectivity index is 2.09. The number of H-pyrrole nitrogens is 1. The van der Waals surface area contributed by atoms with Crippen LogP contribution in [0, 0.1) is 13.8 Å². The van der Waals surface area contributed by atoms with Crippen LogP contribution in [-0.2, 0) is 4.79 Å². The van der Waals surface area contributed by atoms with E-state index in [9.17, 15) is 14.7 Å². The van der Waals surface area contributed by atoms with E-state index in [1.165, 1.54) is 4.90 Å². The Morgan fingerprint density at radius 3 is 2.90 bits per heavy atom. The maximum Gasteiger partial charge on any atom is 0.326 e. The maximum absolute atomic E-state index is 12.8. The molecule has 1 aliphatic heterocycles. The minimum Gasteiger partial charge on any atom is -0.480 e. The largest absolute Gasteiger partial charge is 0.480 e. The van der Waals surface area contributed by atoms with Crippen LogP contribution >= 0.6 is 0 Å². The van der Waals surface area contributed by atoms with Gasteiger partial charge in [-0.25, -0.2) is 9.78 Å². The standard InChI is InChI=1S/C14H16N4O3/c1-7-6-9(11-8(2)16-17-12(11)15-7)13(19)18-5-3-4-10(18)14(20)21/h6,10H,3-5H2,1-2H3,(H,20,21)(H,15,16,17). The molecule has 0 aliphatic carbocycles. The Kier molecular flexibility index (Phi) is 3.12. The van der Waals surface area contributed by atoms with E-state index in [0.717, 1.165) is 5.69 Å². The first-order valence-electron chi connectivity index (χ1n) is 6.85. The van der Waals surface area contributed by atoms with Gasteiger partial charge in [0, 0.05) is 17.9 Å². The lowest BCUT2D eigenvalue weighted by Crippen LogP contribution is -2.40. The quantitative estimate of drug-likeness (QED) is 0.866. The Morgan fingerprint density at radius 1 is 1.43 bits per heavy atom. The Morgan fingerprint density at radius 2 is 2.19 bits per heavy atom. The molecule has 2 aromatic rings. The van der Waals surface area contributed by atoms with Crippen LogP contribution in [0.2, 0.25) is 0 Å². The normalized spacial score (nSPS) is 18.4. The number of likely N-dealkylation sites (tertiary alicyclic amines) is 1. The van der Waals surface area contributed by atoms with Crippen molar-refractivity contribution in [2.45, 2.75) is 32.7 Å². The van der Waals surface area contributed by atoms with Gasteiger partial charge >= 0.3 is 5.97 Å². The molecule has 0 bridgehead atoms. The average Bonchev–Trinajstić information content (AvgIpc) is 3.04. The lowest BCUT2D eigenvalue weighted by atomic mass is 10.1. The van der Waals surface area contributed by atoms with Gasteiger partial charge in [-0.3, -0.25) is 9.89 Å². The summed E-state index contributed by atoms with van der Waals surface area (Å²) in [5.74, 6) is -1.22. The molecule has 1 atom stereocenters. The van der Waals surface area contributed by atoms with Crippen molar-refractivity contribution in [1.29, 1.82) is 0 Å². The zero-order valence-corrected chi connectivity index (χ0v) is 11.9. The fourth-order valence-electron chi connectivity index (χ4n) is 2.89. The summed E-state index contributed by atoms with van der Waals surface area (Å²) in [5, 5.41) is 16.8. The van der Waals surface area contributed by atoms with E-state index in [2.05, 4.69) is 15.2 Å². The number of nitrogens with zero attached hydrogens (tertiary/aromatic N) is 3. The number of aromatic amines is 1. The summed E-state index contributed by atoms with van der Waals surface area (Å²) in [5.41, 5.74) is 2.40. The van der Waals surface area contributed by atoms with E-state index in [1.807, 2.05) is 6.92 Å². The monoisotopic (exact) mass is 288 g/mol. The first-order valence-corrected chi connectivity index (χ1v) is 6.85. The predicted molar refractivity (Wildman–Crippen MR) is 75.1 cm³/mol. The van der Waals surface area contributed by atoms with Crippen molar-refractivity contribution in [3.63, 3.8) is 0 Å². The third kappa shape index (κ3) is 2.14. The minimum atomic E-state index is -0.952. The number of carboxylic acids is 1. The van der Waals surface area contributed by atoms with Crippen LogP contribution in [0.5, 0.6) is 0 Å². The summed E-state index contributed by atoms with van der Waals surface area (Å²) in [6, 6.07) is 0.956. The van der Waals surface area contributed by atoms with Gasteiger partial charge in [0.15, 0.2) is 5.65 Å². The molecular weight excluding hydrogens is 272 g/mol. The number of amides is 1. The van der Waals surface area contributed by atoms with Gasteiger partial charge in [-0.1, -0.05) is 0 Å².